The average molecular weight is 411 g/mol. The summed E-state index contributed by atoms with van der Waals surface area (Å²) in [5.74, 6) is -1.70. The van der Waals surface area contributed by atoms with E-state index in [0.717, 1.165) is 29.0 Å². The number of hydrogen-bond acceptors (Lipinski definition) is 5. The highest BCUT2D eigenvalue weighted by molar-refractivity contribution is 6.29. The first-order valence-corrected chi connectivity index (χ1v) is 9.48. The summed E-state index contributed by atoms with van der Waals surface area (Å²) in [6, 6.07) is 2.97. The van der Waals surface area contributed by atoms with E-state index in [2.05, 4.69) is 16.1 Å². The van der Waals surface area contributed by atoms with Crippen molar-refractivity contribution >= 4 is 23.1 Å². The van der Waals surface area contributed by atoms with Gasteiger partial charge in [-0.15, -0.1) is 0 Å². The molecule has 3 N–H and O–H groups in total. The quantitative estimate of drug-likeness (QED) is 0.646. The van der Waals surface area contributed by atoms with Gasteiger partial charge in [-0.05, 0) is 42.4 Å². The van der Waals surface area contributed by atoms with Gasteiger partial charge in [0.05, 0.1) is 12.2 Å². The summed E-state index contributed by atoms with van der Waals surface area (Å²) in [5, 5.41) is 7.94. The van der Waals surface area contributed by atoms with Gasteiger partial charge >= 0.3 is 0 Å². The number of dihydropyridines is 1. The van der Waals surface area contributed by atoms with Gasteiger partial charge < -0.3 is 15.6 Å². The van der Waals surface area contributed by atoms with Crippen LogP contribution in [-0.2, 0) is 4.79 Å². The predicted octanol–water partition coefficient (Wildman–Crippen LogP) is 3.67. The second-order valence-electron chi connectivity index (χ2n) is 6.14. The average Bonchev–Trinajstić information content (AvgIpc) is 3.04. The molecule has 1 aromatic rings. The molecule has 1 atom stereocenters. The minimum absolute atomic E-state index is 0.199. The van der Waals surface area contributed by atoms with E-state index in [1.54, 1.807) is 11.1 Å². The van der Waals surface area contributed by atoms with Gasteiger partial charge in [-0.1, -0.05) is 31.5 Å². The molecule has 152 valence electrons. The van der Waals surface area contributed by atoms with Gasteiger partial charge in [-0.25, -0.2) is 14.2 Å². The standard InChI is InChI=1S/C18H19ClF2N4O.C2H6/c1-10-6-17(19)22-8-11(10)15-7-14(24-25(15)2)16(26)9-23-18-12(20)4-3-5-13(18)21;1-2/h3-7,14,22-24H,8-9H2,1-2H3;1-2H3. The third kappa shape index (κ3) is 4.91. The molecule has 0 saturated carbocycles. The lowest BCUT2D eigenvalue weighted by Crippen LogP contribution is -2.41. The Bertz CT molecular complexity index is 815. The van der Waals surface area contributed by atoms with Crippen LogP contribution in [0.1, 0.15) is 20.8 Å². The van der Waals surface area contributed by atoms with Gasteiger partial charge in [0.15, 0.2) is 5.78 Å². The maximum Gasteiger partial charge on any atom is 0.174 e. The van der Waals surface area contributed by atoms with E-state index in [1.807, 2.05) is 33.9 Å². The highest BCUT2D eigenvalue weighted by Gasteiger charge is 2.28. The number of para-hydroxylation sites is 1. The SMILES string of the molecule is CC.CC1=C(C2=CC(C(=O)CNc3c(F)cccc3F)NN2C)CNC(Cl)=C1. The minimum atomic E-state index is -0.733. The number of Topliss-reactive ketones (excluding diaryl/α,β-unsaturated/α-hetero) is 1. The van der Waals surface area contributed by atoms with Crippen LogP contribution in [0.4, 0.5) is 14.5 Å². The monoisotopic (exact) mass is 410 g/mol. The molecule has 0 bridgehead atoms. The number of carbonyl (C=O) groups is 1. The molecule has 2 aliphatic rings. The smallest absolute Gasteiger partial charge is 0.174 e. The molecular weight excluding hydrogens is 386 g/mol. The normalized spacial score (nSPS) is 18.7. The summed E-state index contributed by atoms with van der Waals surface area (Å²) >= 11 is 5.97. The molecule has 3 rings (SSSR count). The van der Waals surface area contributed by atoms with Crippen molar-refractivity contribution in [2.45, 2.75) is 26.8 Å². The number of hydrazine groups is 1. The number of benzene rings is 1. The molecule has 8 heteroatoms. The number of nitrogens with one attached hydrogen (secondary N) is 3. The fourth-order valence-corrected chi connectivity index (χ4v) is 3.17. The van der Waals surface area contributed by atoms with Crippen molar-refractivity contribution in [3.63, 3.8) is 0 Å². The Hall–Kier alpha value is -2.38. The van der Waals surface area contributed by atoms with Gasteiger partial charge in [-0.3, -0.25) is 4.79 Å². The van der Waals surface area contributed by atoms with Gasteiger partial charge in [0.1, 0.15) is 28.5 Å². The zero-order valence-corrected chi connectivity index (χ0v) is 17.1. The van der Waals surface area contributed by atoms with Gasteiger partial charge in [0.2, 0.25) is 0 Å². The number of likely N-dealkylation sites (N-methyl/N-ethyl adjacent to an activating group) is 1. The third-order valence-electron chi connectivity index (χ3n) is 4.33. The van der Waals surface area contributed by atoms with Crippen molar-refractivity contribution in [1.29, 1.82) is 0 Å². The first kappa shape index (κ1) is 21.9. The predicted molar refractivity (Wildman–Crippen MR) is 109 cm³/mol. The van der Waals surface area contributed by atoms with Gasteiger partial charge in [0.25, 0.3) is 0 Å². The molecule has 1 unspecified atom stereocenters. The fraction of sp³-hybridized carbons (Fsp3) is 0.350. The van der Waals surface area contributed by atoms with Crippen LogP contribution in [0.5, 0.6) is 0 Å². The third-order valence-corrected chi connectivity index (χ3v) is 4.57. The number of anilines is 1. The molecule has 0 spiro atoms. The zero-order valence-electron chi connectivity index (χ0n) is 16.4. The summed E-state index contributed by atoms with van der Waals surface area (Å²) in [4.78, 5) is 12.4. The van der Waals surface area contributed by atoms with E-state index in [1.165, 1.54) is 6.07 Å². The second kappa shape index (κ2) is 9.71. The fourth-order valence-electron chi connectivity index (χ4n) is 2.94. The number of halogens is 3. The van der Waals surface area contributed by atoms with Crippen LogP contribution >= 0.6 is 11.6 Å². The topological polar surface area (TPSA) is 56.4 Å². The van der Waals surface area contributed by atoms with E-state index in [4.69, 9.17) is 11.6 Å². The summed E-state index contributed by atoms with van der Waals surface area (Å²) < 4.78 is 27.3. The Morgan fingerprint density at radius 1 is 1.32 bits per heavy atom. The molecule has 28 heavy (non-hydrogen) atoms. The molecule has 0 aliphatic carbocycles. The van der Waals surface area contributed by atoms with Crippen molar-refractivity contribution in [1.82, 2.24) is 15.8 Å². The Labute approximate surface area is 169 Å². The van der Waals surface area contributed by atoms with Crippen molar-refractivity contribution in [2.75, 3.05) is 25.5 Å². The first-order valence-electron chi connectivity index (χ1n) is 9.10. The Morgan fingerprint density at radius 3 is 2.57 bits per heavy atom. The van der Waals surface area contributed by atoms with E-state index in [0.29, 0.717) is 11.7 Å². The lowest BCUT2D eigenvalue weighted by atomic mass is 10.0. The molecule has 5 nitrogen and oxygen atoms in total. The zero-order chi connectivity index (χ0) is 20.8. The maximum absolute atomic E-state index is 13.6. The molecule has 1 aromatic carbocycles. The highest BCUT2D eigenvalue weighted by atomic mass is 35.5. The molecule has 0 radical (unpaired) electrons. The summed E-state index contributed by atoms with van der Waals surface area (Å²) in [7, 11) is 1.81. The van der Waals surface area contributed by atoms with Crippen LogP contribution in [0.25, 0.3) is 0 Å². The first-order chi connectivity index (χ1) is 13.4. The number of ketones is 1. The summed E-state index contributed by atoms with van der Waals surface area (Å²) in [6.07, 6.45) is 3.63. The number of nitrogens with zero attached hydrogens (tertiary/aromatic N) is 1. The van der Waals surface area contributed by atoms with Crippen LogP contribution in [0.2, 0.25) is 0 Å². The lowest BCUT2D eigenvalue weighted by Gasteiger charge is -2.24. The number of rotatable bonds is 5. The molecule has 2 heterocycles. The molecule has 0 saturated heterocycles. The van der Waals surface area contributed by atoms with Crippen LogP contribution < -0.4 is 16.1 Å². The van der Waals surface area contributed by atoms with Gasteiger partial charge in [0, 0.05) is 13.6 Å². The van der Waals surface area contributed by atoms with E-state index in [9.17, 15) is 13.6 Å². The number of allylic oxidation sites excluding steroid dienone is 2. The second-order valence-corrected chi connectivity index (χ2v) is 6.55. The van der Waals surface area contributed by atoms with E-state index in [-0.39, 0.29) is 18.0 Å². The minimum Gasteiger partial charge on any atom is -0.373 e. The van der Waals surface area contributed by atoms with Crippen LogP contribution in [-0.4, -0.2) is 37.0 Å². The van der Waals surface area contributed by atoms with Crippen LogP contribution in [0.15, 0.2) is 52.4 Å². The van der Waals surface area contributed by atoms with Crippen LogP contribution in [0, 0.1) is 11.6 Å². The van der Waals surface area contributed by atoms with Crippen molar-refractivity contribution in [3.8, 4) is 0 Å². The Balaban J connectivity index is 0.00000136. The summed E-state index contributed by atoms with van der Waals surface area (Å²) in [5.41, 5.74) is 5.64. The molecule has 2 aliphatic heterocycles. The van der Waals surface area contributed by atoms with Crippen LogP contribution in [0.3, 0.4) is 0 Å². The van der Waals surface area contributed by atoms with Gasteiger partial charge in [-0.2, -0.15) is 0 Å². The Morgan fingerprint density at radius 2 is 1.96 bits per heavy atom. The highest BCUT2D eigenvalue weighted by Crippen LogP contribution is 2.26. The molecular formula is C20H25ClF2N4O. The molecule has 0 fully saturated rings. The largest absolute Gasteiger partial charge is 0.373 e. The number of hydrogen-bond donors (Lipinski definition) is 3. The van der Waals surface area contributed by atoms with Crippen molar-refractivity contribution in [3.05, 3.63) is 64.0 Å². The van der Waals surface area contributed by atoms with E-state index >= 15 is 0 Å². The lowest BCUT2D eigenvalue weighted by molar-refractivity contribution is -0.118. The molecule has 0 amide bonds. The molecule has 0 aromatic heterocycles. The maximum atomic E-state index is 13.6. The van der Waals surface area contributed by atoms with Crippen molar-refractivity contribution < 1.29 is 13.6 Å². The Kier molecular flexibility index (Phi) is 7.60. The summed E-state index contributed by atoms with van der Waals surface area (Å²) in [6.45, 7) is 6.30. The van der Waals surface area contributed by atoms with E-state index < -0.39 is 17.7 Å². The van der Waals surface area contributed by atoms with Crippen molar-refractivity contribution in [2.24, 2.45) is 0 Å². The number of carbonyl (C=O) groups excluding carboxylic acids is 1.